The van der Waals surface area contributed by atoms with Gasteiger partial charge >= 0.3 is 5.97 Å². The fourth-order valence-electron chi connectivity index (χ4n) is 10.5. The zero-order valence-corrected chi connectivity index (χ0v) is 22.2. The topological polar surface area (TPSA) is 74.6 Å². The van der Waals surface area contributed by atoms with Crippen LogP contribution in [0.2, 0.25) is 0 Å². The van der Waals surface area contributed by atoms with E-state index >= 15 is 0 Å². The first kappa shape index (κ1) is 24.5. The number of carboxylic acid groups (broad SMARTS) is 1. The number of carbonyl (C=O) groups excluding carboxylic acids is 1. The zero-order valence-electron chi connectivity index (χ0n) is 22.2. The molecule has 0 unspecified atom stereocenters. The predicted octanol–water partition coefficient (Wildman–Crippen LogP) is 6.41. The van der Waals surface area contributed by atoms with Gasteiger partial charge in [-0.1, -0.05) is 53.2 Å². The summed E-state index contributed by atoms with van der Waals surface area (Å²) in [6, 6.07) is 0. The normalized spacial score (nSPS) is 53.9. The average molecular weight is 471 g/mol. The molecular weight excluding hydrogens is 424 g/mol. The van der Waals surface area contributed by atoms with Gasteiger partial charge in [-0.3, -0.25) is 4.79 Å². The van der Waals surface area contributed by atoms with E-state index in [1.807, 2.05) is 6.92 Å². The molecule has 5 aliphatic carbocycles. The molecule has 0 aliphatic heterocycles. The smallest absolute Gasteiger partial charge is 0.310 e. The summed E-state index contributed by atoms with van der Waals surface area (Å²) < 4.78 is 0. The molecule has 9 atom stereocenters. The standard InChI is InChI=1S/C30H46O4/c1-25(2)13-15-30(24(33)34)16-14-28(5)19(20(30)17-25)7-8-22-26(3)11-10-23(32)27(4,18-31)21(26)9-12-29(22,28)6/h7,18,20-23,32H,8-17H2,1-6H3,(H,33,34)/t20-,21+,22-,23+,26+,27+,28-,29-,30+/m1/s1. The van der Waals surface area contributed by atoms with Gasteiger partial charge in [0, 0.05) is 0 Å². The number of fused-ring (bicyclic) bond motifs is 7. The van der Waals surface area contributed by atoms with Gasteiger partial charge in [0.2, 0.25) is 0 Å². The molecule has 4 saturated carbocycles. The van der Waals surface area contributed by atoms with E-state index in [-0.39, 0.29) is 33.5 Å². The first-order valence-corrected chi connectivity index (χ1v) is 13.8. The van der Waals surface area contributed by atoms with Gasteiger partial charge in [0.25, 0.3) is 0 Å². The van der Waals surface area contributed by atoms with Crippen LogP contribution in [0, 0.1) is 50.2 Å². The van der Waals surface area contributed by atoms with Gasteiger partial charge in [-0.2, -0.15) is 0 Å². The van der Waals surface area contributed by atoms with Crippen LogP contribution in [-0.4, -0.2) is 28.6 Å². The Bertz CT molecular complexity index is 936. The SMILES string of the molecule is CC1(C)CC[C@]2(C(=O)O)CC[C@]3(C)C(=CC[C@@H]4[C@@]5(C)CC[C@H](O)[C@@](C)(C=O)[C@H]5CC[C@]43C)[C@H]2C1. The molecule has 0 amide bonds. The van der Waals surface area contributed by atoms with Crippen molar-refractivity contribution in [3.63, 3.8) is 0 Å². The number of aldehydes is 1. The minimum Gasteiger partial charge on any atom is -0.481 e. The highest BCUT2D eigenvalue weighted by Crippen LogP contribution is 2.75. The quantitative estimate of drug-likeness (QED) is 0.361. The third-order valence-electron chi connectivity index (χ3n) is 13.0. The third kappa shape index (κ3) is 2.81. The molecule has 0 bridgehead atoms. The summed E-state index contributed by atoms with van der Waals surface area (Å²) in [6.07, 6.45) is 12.1. The lowest BCUT2D eigenvalue weighted by molar-refractivity contribution is -0.204. The summed E-state index contributed by atoms with van der Waals surface area (Å²) in [4.78, 5) is 25.1. The molecule has 0 heterocycles. The molecule has 0 spiro atoms. The van der Waals surface area contributed by atoms with Crippen LogP contribution in [0.3, 0.4) is 0 Å². The minimum absolute atomic E-state index is 0.00538. The number of aliphatic carboxylic acids is 1. The van der Waals surface area contributed by atoms with Gasteiger partial charge < -0.3 is 15.0 Å². The summed E-state index contributed by atoms with van der Waals surface area (Å²) in [5, 5.41) is 21.3. The maximum Gasteiger partial charge on any atom is 0.310 e. The van der Waals surface area contributed by atoms with Crippen LogP contribution in [0.4, 0.5) is 0 Å². The summed E-state index contributed by atoms with van der Waals surface area (Å²) >= 11 is 0. The Balaban J connectivity index is 1.60. The van der Waals surface area contributed by atoms with Crippen molar-refractivity contribution < 1.29 is 19.8 Å². The summed E-state index contributed by atoms with van der Waals surface area (Å²) in [5.74, 6) is 0.201. The Morgan fingerprint density at radius 1 is 0.941 bits per heavy atom. The van der Waals surface area contributed by atoms with Crippen molar-refractivity contribution in [2.24, 2.45) is 50.2 Å². The van der Waals surface area contributed by atoms with Crippen molar-refractivity contribution >= 4 is 12.3 Å². The summed E-state index contributed by atoms with van der Waals surface area (Å²) in [5.41, 5.74) is 0.446. The molecule has 0 radical (unpaired) electrons. The lowest BCUT2D eigenvalue weighted by Gasteiger charge is -2.70. The lowest BCUT2D eigenvalue weighted by Crippen LogP contribution is -2.65. The Labute approximate surface area is 206 Å². The second-order valence-corrected chi connectivity index (χ2v) is 14.7. The average Bonchev–Trinajstić information content (AvgIpc) is 2.76. The van der Waals surface area contributed by atoms with Gasteiger partial charge in [-0.05, 0) is 104 Å². The van der Waals surface area contributed by atoms with Crippen molar-refractivity contribution in [1.29, 1.82) is 0 Å². The maximum atomic E-state index is 12.8. The second kappa shape index (κ2) is 7.20. The molecular formula is C30H46O4. The molecule has 5 rings (SSSR count). The van der Waals surface area contributed by atoms with Gasteiger partial charge in [0.1, 0.15) is 6.29 Å². The highest BCUT2D eigenvalue weighted by Gasteiger charge is 2.69. The molecule has 2 N–H and O–H groups in total. The fourth-order valence-corrected chi connectivity index (χ4v) is 10.5. The summed E-state index contributed by atoms with van der Waals surface area (Å²) in [7, 11) is 0. The molecule has 0 saturated heterocycles. The monoisotopic (exact) mass is 470 g/mol. The molecule has 34 heavy (non-hydrogen) atoms. The predicted molar refractivity (Wildman–Crippen MR) is 133 cm³/mol. The molecule has 5 aliphatic rings. The van der Waals surface area contributed by atoms with Crippen molar-refractivity contribution in [3.05, 3.63) is 11.6 Å². The van der Waals surface area contributed by atoms with Crippen LogP contribution in [0.5, 0.6) is 0 Å². The highest BCUT2D eigenvalue weighted by atomic mass is 16.4. The van der Waals surface area contributed by atoms with Crippen LogP contribution in [0.25, 0.3) is 0 Å². The minimum atomic E-state index is -0.669. The van der Waals surface area contributed by atoms with E-state index in [0.29, 0.717) is 12.3 Å². The largest absolute Gasteiger partial charge is 0.481 e. The van der Waals surface area contributed by atoms with E-state index in [1.165, 1.54) is 5.57 Å². The van der Waals surface area contributed by atoms with Gasteiger partial charge in [0.05, 0.1) is 16.9 Å². The first-order chi connectivity index (χ1) is 15.7. The number of rotatable bonds is 2. The van der Waals surface area contributed by atoms with Crippen LogP contribution >= 0.6 is 0 Å². The number of allylic oxidation sites excluding steroid dienone is 2. The number of carboxylic acids is 1. The fraction of sp³-hybridized carbons (Fsp3) is 0.867. The molecule has 4 fully saturated rings. The van der Waals surface area contributed by atoms with E-state index in [9.17, 15) is 19.8 Å². The lowest BCUT2D eigenvalue weighted by atomic mass is 9.33. The molecule has 190 valence electrons. The van der Waals surface area contributed by atoms with E-state index < -0.39 is 22.9 Å². The van der Waals surface area contributed by atoms with E-state index in [0.717, 1.165) is 64.1 Å². The van der Waals surface area contributed by atoms with Gasteiger partial charge in [-0.25, -0.2) is 0 Å². The molecule has 0 aromatic rings. The van der Waals surface area contributed by atoms with Gasteiger partial charge in [-0.15, -0.1) is 0 Å². The van der Waals surface area contributed by atoms with E-state index in [1.54, 1.807) is 0 Å². The van der Waals surface area contributed by atoms with Crippen LogP contribution in [-0.2, 0) is 9.59 Å². The van der Waals surface area contributed by atoms with Crippen LogP contribution in [0.1, 0.15) is 106 Å². The Kier molecular flexibility index (Phi) is 5.20. The number of aliphatic hydroxyl groups excluding tert-OH is 1. The molecule has 4 heteroatoms. The third-order valence-corrected chi connectivity index (χ3v) is 13.0. The number of carbonyl (C=O) groups is 2. The molecule has 0 aromatic carbocycles. The highest BCUT2D eigenvalue weighted by molar-refractivity contribution is 5.76. The van der Waals surface area contributed by atoms with Crippen LogP contribution < -0.4 is 0 Å². The van der Waals surface area contributed by atoms with Crippen LogP contribution in [0.15, 0.2) is 11.6 Å². The maximum absolute atomic E-state index is 12.8. The van der Waals surface area contributed by atoms with E-state index in [4.69, 9.17) is 0 Å². The number of hydrogen-bond acceptors (Lipinski definition) is 3. The Morgan fingerprint density at radius 2 is 1.62 bits per heavy atom. The summed E-state index contributed by atoms with van der Waals surface area (Å²) in [6.45, 7) is 14.0. The molecule has 0 aromatic heterocycles. The van der Waals surface area contributed by atoms with Crippen molar-refractivity contribution in [1.82, 2.24) is 0 Å². The van der Waals surface area contributed by atoms with Gasteiger partial charge in [0.15, 0.2) is 0 Å². The zero-order chi connectivity index (χ0) is 24.9. The Hall–Kier alpha value is -1.16. The first-order valence-electron chi connectivity index (χ1n) is 13.8. The number of aliphatic hydroxyl groups is 1. The van der Waals surface area contributed by atoms with E-state index in [2.05, 4.69) is 40.7 Å². The Morgan fingerprint density at radius 3 is 2.26 bits per heavy atom. The molecule has 4 nitrogen and oxygen atoms in total. The second-order valence-electron chi connectivity index (χ2n) is 14.7. The van der Waals surface area contributed by atoms with Crippen molar-refractivity contribution in [2.45, 2.75) is 112 Å². The number of hydrogen-bond donors (Lipinski definition) is 2. The van der Waals surface area contributed by atoms with Crippen molar-refractivity contribution in [2.75, 3.05) is 0 Å². The van der Waals surface area contributed by atoms with Crippen molar-refractivity contribution in [3.8, 4) is 0 Å².